The first-order valence-electron chi connectivity index (χ1n) is 8.69. The summed E-state index contributed by atoms with van der Waals surface area (Å²) in [7, 11) is 0.951. The molecule has 0 radical (unpaired) electrons. The Hall–Kier alpha value is -3.69. The van der Waals surface area contributed by atoms with Crippen LogP contribution in [0.15, 0.2) is 36.5 Å². The molecule has 2 aromatic carbocycles. The van der Waals surface area contributed by atoms with Gasteiger partial charge >= 0.3 is 6.03 Å². The van der Waals surface area contributed by atoms with Crippen LogP contribution in [-0.4, -0.2) is 35.5 Å². The molecule has 2 heterocycles. The average Bonchev–Trinajstić information content (AvgIpc) is 2.98. The summed E-state index contributed by atoms with van der Waals surface area (Å²) in [4.78, 5) is 30.5. The number of pyridine rings is 1. The molecule has 30 heavy (non-hydrogen) atoms. The second kappa shape index (κ2) is 7.29. The van der Waals surface area contributed by atoms with E-state index in [0.29, 0.717) is 22.0 Å². The van der Waals surface area contributed by atoms with Gasteiger partial charge in [0, 0.05) is 24.2 Å². The van der Waals surface area contributed by atoms with E-state index in [0.717, 1.165) is 12.0 Å². The van der Waals surface area contributed by atoms with Gasteiger partial charge in [-0.2, -0.15) is 4.39 Å². The lowest BCUT2D eigenvalue weighted by Gasteiger charge is -2.19. The van der Waals surface area contributed by atoms with Crippen molar-refractivity contribution in [3.63, 3.8) is 0 Å². The Morgan fingerprint density at radius 3 is 2.57 bits per heavy atom. The van der Waals surface area contributed by atoms with Gasteiger partial charge in [-0.25, -0.2) is 22.9 Å². The summed E-state index contributed by atoms with van der Waals surface area (Å²) < 4.78 is 61.2. The molecule has 6 nitrogen and oxygen atoms in total. The number of halogens is 4. The molecule has 4 rings (SSSR count). The number of ether oxygens (including phenoxy) is 1. The number of aromatic nitrogens is 1. The first-order valence-corrected chi connectivity index (χ1v) is 8.69. The first kappa shape index (κ1) is 19.6. The smallest absolute Gasteiger partial charge is 0.332 e. The minimum absolute atomic E-state index is 0.173. The Morgan fingerprint density at radius 2 is 1.83 bits per heavy atom. The summed E-state index contributed by atoms with van der Waals surface area (Å²) in [5.41, 5.74) is -0.143. The van der Waals surface area contributed by atoms with Crippen LogP contribution in [-0.2, 0) is 11.3 Å². The maximum atomic E-state index is 14.4. The van der Waals surface area contributed by atoms with Gasteiger partial charge in [-0.05, 0) is 23.8 Å². The predicted octanol–water partition coefficient (Wildman–Crippen LogP) is 3.77. The van der Waals surface area contributed by atoms with Gasteiger partial charge in [0.1, 0.15) is 12.4 Å². The number of hydrogen-bond donors (Lipinski definition) is 0. The van der Waals surface area contributed by atoms with Crippen LogP contribution >= 0.6 is 0 Å². The SMILES string of the molecule is COc1c(F)cc(N2C(=O)CN(Cc3ccnc4cccc(F)c34)C2=O)c(F)c1F. The van der Waals surface area contributed by atoms with Crippen molar-refractivity contribution in [2.45, 2.75) is 6.54 Å². The minimum Gasteiger partial charge on any atom is -0.491 e. The van der Waals surface area contributed by atoms with Crippen LogP contribution < -0.4 is 9.64 Å². The minimum atomic E-state index is -1.66. The van der Waals surface area contributed by atoms with E-state index < -0.39 is 53.2 Å². The third-order valence-electron chi connectivity index (χ3n) is 4.74. The molecule has 0 saturated carbocycles. The van der Waals surface area contributed by atoms with Gasteiger partial charge in [0.2, 0.25) is 5.82 Å². The zero-order chi connectivity index (χ0) is 21.6. The molecule has 0 atom stereocenters. The summed E-state index contributed by atoms with van der Waals surface area (Å²) in [5, 5.41) is 0.173. The van der Waals surface area contributed by atoms with E-state index in [2.05, 4.69) is 9.72 Å². The van der Waals surface area contributed by atoms with E-state index in [9.17, 15) is 27.2 Å². The maximum Gasteiger partial charge on any atom is 0.332 e. The molecule has 3 amide bonds. The Morgan fingerprint density at radius 1 is 1.07 bits per heavy atom. The van der Waals surface area contributed by atoms with Crippen molar-refractivity contribution in [3.05, 3.63) is 65.4 Å². The van der Waals surface area contributed by atoms with E-state index in [1.165, 1.54) is 24.4 Å². The van der Waals surface area contributed by atoms with Crippen molar-refractivity contribution in [2.24, 2.45) is 0 Å². The van der Waals surface area contributed by atoms with Crippen molar-refractivity contribution >= 4 is 28.5 Å². The number of imide groups is 1. The lowest BCUT2D eigenvalue weighted by atomic mass is 10.1. The molecule has 0 unspecified atom stereocenters. The highest BCUT2D eigenvalue weighted by Gasteiger charge is 2.40. The number of methoxy groups -OCH3 is 1. The standard InChI is InChI=1S/C20H13F4N3O3/c1-30-19-12(22)7-14(17(23)18(19)24)27-15(28)9-26(20(27)29)8-10-5-6-25-13-4-2-3-11(21)16(10)13/h2-7H,8-9H2,1H3. The summed E-state index contributed by atoms with van der Waals surface area (Å²) in [5.74, 6) is -6.94. The monoisotopic (exact) mass is 419 g/mol. The largest absolute Gasteiger partial charge is 0.491 e. The molecule has 0 N–H and O–H groups in total. The molecule has 0 bridgehead atoms. The van der Waals surface area contributed by atoms with Crippen molar-refractivity contribution in [3.8, 4) is 5.75 Å². The number of benzene rings is 2. The van der Waals surface area contributed by atoms with Crippen LogP contribution in [0.5, 0.6) is 5.75 Å². The number of fused-ring (bicyclic) bond motifs is 1. The van der Waals surface area contributed by atoms with Crippen LogP contribution in [0.3, 0.4) is 0 Å². The predicted molar refractivity (Wildman–Crippen MR) is 97.9 cm³/mol. The Kier molecular flexibility index (Phi) is 4.76. The first-order chi connectivity index (χ1) is 14.3. The molecule has 10 heteroatoms. The third kappa shape index (κ3) is 3.00. The number of rotatable bonds is 4. The zero-order valence-corrected chi connectivity index (χ0v) is 15.5. The molecular weight excluding hydrogens is 406 g/mol. The maximum absolute atomic E-state index is 14.4. The Labute approximate surface area is 167 Å². The van der Waals surface area contributed by atoms with Crippen LogP contribution in [0.4, 0.5) is 28.0 Å². The molecule has 0 spiro atoms. The Bertz CT molecular complexity index is 1200. The van der Waals surface area contributed by atoms with Crippen LogP contribution in [0, 0.1) is 23.3 Å². The van der Waals surface area contributed by atoms with Crippen LogP contribution in [0.25, 0.3) is 10.9 Å². The normalized spacial score (nSPS) is 14.2. The molecule has 1 aromatic heterocycles. The van der Waals surface area contributed by atoms with Crippen molar-refractivity contribution in [1.29, 1.82) is 0 Å². The second-order valence-corrected chi connectivity index (χ2v) is 6.51. The van der Waals surface area contributed by atoms with Crippen molar-refractivity contribution in [1.82, 2.24) is 9.88 Å². The van der Waals surface area contributed by atoms with E-state index in [-0.39, 0.29) is 11.9 Å². The molecule has 154 valence electrons. The van der Waals surface area contributed by atoms with Gasteiger partial charge in [-0.15, -0.1) is 0 Å². The molecule has 3 aromatic rings. The number of amides is 3. The van der Waals surface area contributed by atoms with Gasteiger partial charge in [0.05, 0.1) is 18.3 Å². The van der Waals surface area contributed by atoms with E-state index in [4.69, 9.17) is 0 Å². The summed E-state index contributed by atoms with van der Waals surface area (Å²) in [6.45, 7) is -0.671. The van der Waals surface area contributed by atoms with E-state index in [1.807, 2.05) is 0 Å². The second-order valence-electron chi connectivity index (χ2n) is 6.51. The van der Waals surface area contributed by atoms with Gasteiger partial charge in [-0.3, -0.25) is 9.78 Å². The van der Waals surface area contributed by atoms with Crippen molar-refractivity contribution in [2.75, 3.05) is 18.6 Å². The quantitative estimate of drug-likeness (QED) is 0.367. The Balaban J connectivity index is 1.70. The average molecular weight is 419 g/mol. The number of carbonyl (C=O) groups excluding carboxylic acids is 2. The fourth-order valence-corrected chi connectivity index (χ4v) is 3.39. The third-order valence-corrected chi connectivity index (χ3v) is 4.74. The molecule has 1 saturated heterocycles. The lowest BCUT2D eigenvalue weighted by Crippen LogP contribution is -2.33. The van der Waals surface area contributed by atoms with Gasteiger partial charge in [-0.1, -0.05) is 6.07 Å². The zero-order valence-electron chi connectivity index (χ0n) is 15.5. The van der Waals surface area contributed by atoms with Gasteiger partial charge < -0.3 is 9.64 Å². The lowest BCUT2D eigenvalue weighted by molar-refractivity contribution is -0.116. The van der Waals surface area contributed by atoms with Gasteiger partial charge in [0.15, 0.2) is 17.4 Å². The van der Waals surface area contributed by atoms with Crippen LogP contribution in [0.1, 0.15) is 5.56 Å². The highest BCUT2D eigenvalue weighted by atomic mass is 19.2. The molecular formula is C20H13F4N3O3. The van der Waals surface area contributed by atoms with E-state index >= 15 is 0 Å². The molecule has 1 aliphatic heterocycles. The summed E-state index contributed by atoms with van der Waals surface area (Å²) in [6, 6.07) is 5.30. The van der Waals surface area contributed by atoms with Crippen molar-refractivity contribution < 1.29 is 31.9 Å². The number of nitrogens with zero attached hydrogens (tertiary/aromatic N) is 3. The molecule has 1 fully saturated rings. The van der Waals surface area contributed by atoms with Crippen LogP contribution in [0.2, 0.25) is 0 Å². The summed E-state index contributed by atoms with van der Waals surface area (Å²) in [6.07, 6.45) is 1.42. The van der Waals surface area contributed by atoms with Gasteiger partial charge in [0.25, 0.3) is 5.91 Å². The highest BCUT2D eigenvalue weighted by molar-refractivity contribution is 6.19. The fourth-order valence-electron chi connectivity index (χ4n) is 3.39. The summed E-state index contributed by atoms with van der Waals surface area (Å²) >= 11 is 0. The number of hydrogen-bond acceptors (Lipinski definition) is 4. The molecule has 0 aliphatic carbocycles. The molecule has 1 aliphatic rings. The highest BCUT2D eigenvalue weighted by Crippen LogP contribution is 2.34. The number of urea groups is 1. The number of carbonyl (C=O) groups is 2. The van der Waals surface area contributed by atoms with E-state index in [1.54, 1.807) is 6.07 Å². The topological polar surface area (TPSA) is 62.7 Å². The number of anilines is 1. The fraction of sp³-hybridized carbons (Fsp3) is 0.150.